The Morgan fingerprint density at radius 2 is 2.05 bits per heavy atom. The molecular weight excluding hydrogens is 496 g/mol. The summed E-state index contributed by atoms with van der Waals surface area (Å²) in [6.45, 7) is 4.31. The third-order valence-corrected chi connectivity index (χ3v) is 7.43. The fourth-order valence-electron chi connectivity index (χ4n) is 4.42. The Kier molecular flexibility index (Phi) is 6.30. The number of carbonyl (C=O) groups excluding carboxylic acids is 1. The number of nitrogens with zero attached hydrogens (tertiary/aromatic N) is 9. The van der Waals surface area contributed by atoms with E-state index in [-0.39, 0.29) is 11.2 Å². The first-order chi connectivity index (χ1) is 17.8. The van der Waals surface area contributed by atoms with E-state index in [1.165, 1.54) is 33.8 Å². The summed E-state index contributed by atoms with van der Waals surface area (Å²) in [5.74, 6) is 0.630. The number of carbonyl (C=O) groups is 1. The van der Waals surface area contributed by atoms with Crippen molar-refractivity contribution < 1.29 is 4.79 Å². The Bertz CT molecular complexity index is 1640. The number of aromatic nitrogens is 7. The molecule has 0 aliphatic carbocycles. The largest absolute Gasteiger partial charge is 0.338 e. The van der Waals surface area contributed by atoms with E-state index >= 15 is 0 Å². The fraction of sp³-hybridized carbons (Fsp3) is 0.391. The molecule has 1 aliphatic rings. The van der Waals surface area contributed by atoms with Crippen molar-refractivity contribution in [1.29, 1.82) is 5.26 Å². The molecule has 0 radical (unpaired) electrons. The normalized spacial score (nSPS) is 16.2. The van der Waals surface area contributed by atoms with Gasteiger partial charge in [0.15, 0.2) is 11.2 Å². The van der Waals surface area contributed by atoms with Crippen LogP contribution in [-0.2, 0) is 18.4 Å². The third-order valence-electron chi connectivity index (χ3n) is 6.53. The van der Waals surface area contributed by atoms with Crippen LogP contribution in [0.4, 0.5) is 11.8 Å². The average Bonchev–Trinajstić information content (AvgIpc) is 3.65. The third kappa shape index (κ3) is 4.27. The molecule has 0 unspecified atom stereocenters. The summed E-state index contributed by atoms with van der Waals surface area (Å²) in [7, 11) is 1.46. The number of nitriles is 1. The van der Waals surface area contributed by atoms with Crippen molar-refractivity contribution in [3.63, 3.8) is 0 Å². The van der Waals surface area contributed by atoms with Crippen LogP contribution in [0.3, 0.4) is 0 Å². The van der Waals surface area contributed by atoms with Crippen molar-refractivity contribution in [1.82, 2.24) is 33.6 Å². The lowest BCUT2D eigenvalue weighted by molar-refractivity contribution is -0.118. The number of amides is 1. The lowest BCUT2D eigenvalue weighted by atomic mass is 10.2. The first-order valence-corrected chi connectivity index (χ1v) is 12.6. The van der Waals surface area contributed by atoms with Crippen LogP contribution in [0.25, 0.3) is 21.7 Å². The lowest BCUT2D eigenvalue weighted by Crippen LogP contribution is -2.40. The Balaban J connectivity index is 1.35. The zero-order chi connectivity index (χ0) is 26.3. The summed E-state index contributed by atoms with van der Waals surface area (Å²) < 4.78 is 3.38. The molecule has 1 fully saturated rings. The summed E-state index contributed by atoms with van der Waals surface area (Å²) in [4.78, 5) is 58.2. The van der Waals surface area contributed by atoms with E-state index in [9.17, 15) is 14.4 Å². The summed E-state index contributed by atoms with van der Waals surface area (Å²) in [6, 6.07) is 1.38. The van der Waals surface area contributed by atoms with E-state index in [1.54, 1.807) is 24.7 Å². The summed E-state index contributed by atoms with van der Waals surface area (Å²) >= 11 is 1.35. The first-order valence-electron chi connectivity index (χ1n) is 11.7. The van der Waals surface area contributed by atoms with Crippen LogP contribution in [0.5, 0.6) is 0 Å². The molecule has 1 aliphatic heterocycles. The minimum atomic E-state index is -0.846. The average molecular weight is 521 g/mol. The maximum Gasteiger partial charge on any atom is 0.333 e. The standard InChI is InChI=1S/C23H24N10O3S/c1-13-5-4-7-31(13)22-25-9-15(10-26-22)20-29-16(11-37-20)28-19(34)14(2)33-12-27-18-17(33)21(35)32(8-6-24)23(36)30(18)3/h9-14H,4-5,7-8H2,1-3H3,(H,28,34)/t13-,14+/m1/s1. The highest BCUT2D eigenvalue weighted by molar-refractivity contribution is 7.13. The second-order valence-corrected chi connectivity index (χ2v) is 9.73. The smallest absolute Gasteiger partial charge is 0.333 e. The van der Waals surface area contributed by atoms with Crippen molar-refractivity contribution >= 4 is 40.2 Å². The molecule has 1 N–H and O–H groups in total. The second kappa shape index (κ2) is 9.58. The molecule has 5 rings (SSSR count). The lowest BCUT2D eigenvalue weighted by Gasteiger charge is -2.20. The van der Waals surface area contributed by atoms with Crippen molar-refractivity contribution in [2.75, 3.05) is 16.8 Å². The first kappa shape index (κ1) is 24.3. The molecule has 0 bridgehead atoms. The van der Waals surface area contributed by atoms with E-state index in [1.807, 2.05) is 6.07 Å². The fourth-order valence-corrected chi connectivity index (χ4v) is 5.15. The number of thiazole rings is 1. The number of hydrogen-bond acceptors (Lipinski definition) is 10. The minimum Gasteiger partial charge on any atom is -0.338 e. The van der Waals surface area contributed by atoms with E-state index in [0.717, 1.165) is 29.5 Å². The van der Waals surface area contributed by atoms with Crippen LogP contribution in [0.1, 0.15) is 32.7 Å². The molecule has 190 valence electrons. The van der Waals surface area contributed by atoms with Crippen molar-refractivity contribution in [2.45, 2.75) is 45.3 Å². The van der Waals surface area contributed by atoms with E-state index in [2.05, 4.69) is 37.1 Å². The van der Waals surface area contributed by atoms with Gasteiger partial charge in [0.25, 0.3) is 5.56 Å². The van der Waals surface area contributed by atoms with Crippen LogP contribution in [0.15, 0.2) is 33.7 Å². The molecule has 4 aromatic rings. The number of rotatable bonds is 6. The topological polar surface area (TPSA) is 157 Å². The van der Waals surface area contributed by atoms with Crippen LogP contribution >= 0.6 is 11.3 Å². The highest BCUT2D eigenvalue weighted by atomic mass is 32.1. The van der Waals surface area contributed by atoms with Crippen LogP contribution < -0.4 is 21.5 Å². The number of hydrogen-bond donors (Lipinski definition) is 1. The maximum absolute atomic E-state index is 13.0. The maximum atomic E-state index is 13.0. The number of anilines is 2. The summed E-state index contributed by atoms with van der Waals surface area (Å²) in [5.41, 5.74) is -0.397. The number of nitrogens with one attached hydrogen (secondary N) is 1. The SMILES string of the molecule is C[C@@H]1CCCN1c1ncc(-c2nc(NC(=O)[C@H](C)n3cnc4c3c(=O)n(CC#N)c(=O)n4C)cs2)cn1. The van der Waals surface area contributed by atoms with Gasteiger partial charge in [-0.2, -0.15) is 5.26 Å². The molecule has 4 aromatic heterocycles. The molecule has 2 atom stereocenters. The Labute approximate surface area is 214 Å². The monoisotopic (exact) mass is 520 g/mol. The number of aryl methyl sites for hydroxylation is 1. The summed E-state index contributed by atoms with van der Waals surface area (Å²) in [6.07, 6.45) is 7.05. The molecule has 14 heteroatoms. The Morgan fingerprint density at radius 3 is 2.73 bits per heavy atom. The predicted octanol–water partition coefficient (Wildman–Crippen LogP) is 1.52. The van der Waals surface area contributed by atoms with Gasteiger partial charge >= 0.3 is 5.69 Å². The highest BCUT2D eigenvalue weighted by Crippen LogP contribution is 2.27. The van der Waals surface area contributed by atoms with Crippen LogP contribution in [0, 0.1) is 11.3 Å². The molecule has 0 spiro atoms. The van der Waals surface area contributed by atoms with E-state index in [0.29, 0.717) is 22.8 Å². The molecule has 37 heavy (non-hydrogen) atoms. The van der Waals surface area contributed by atoms with Gasteiger partial charge in [0, 0.05) is 43.0 Å². The number of fused-ring (bicyclic) bond motifs is 1. The van der Waals surface area contributed by atoms with Gasteiger partial charge in [-0.05, 0) is 26.7 Å². The highest BCUT2D eigenvalue weighted by Gasteiger charge is 2.24. The van der Waals surface area contributed by atoms with Gasteiger partial charge in [-0.15, -0.1) is 11.3 Å². The second-order valence-electron chi connectivity index (χ2n) is 8.87. The minimum absolute atomic E-state index is 0.0588. The van der Waals surface area contributed by atoms with Crippen molar-refractivity contribution in [3.05, 3.63) is 44.9 Å². The number of imidazole rings is 1. The quantitative estimate of drug-likeness (QED) is 0.398. The van der Waals surface area contributed by atoms with Gasteiger partial charge in [-0.3, -0.25) is 14.2 Å². The van der Waals surface area contributed by atoms with E-state index < -0.39 is 29.7 Å². The van der Waals surface area contributed by atoms with Gasteiger partial charge in [-0.25, -0.2) is 29.3 Å². The van der Waals surface area contributed by atoms with Crippen molar-refractivity contribution in [2.24, 2.45) is 7.05 Å². The van der Waals surface area contributed by atoms with Gasteiger partial charge in [-0.1, -0.05) is 0 Å². The summed E-state index contributed by atoms with van der Waals surface area (Å²) in [5, 5.41) is 14.1. The van der Waals surface area contributed by atoms with Gasteiger partial charge < -0.3 is 14.8 Å². The van der Waals surface area contributed by atoms with E-state index in [4.69, 9.17) is 5.26 Å². The molecule has 1 saturated heterocycles. The van der Waals surface area contributed by atoms with Crippen molar-refractivity contribution in [3.8, 4) is 16.6 Å². The molecule has 5 heterocycles. The predicted molar refractivity (Wildman–Crippen MR) is 137 cm³/mol. The van der Waals surface area contributed by atoms with Gasteiger partial charge in [0.05, 0.1) is 12.4 Å². The molecule has 13 nitrogen and oxygen atoms in total. The molecule has 1 amide bonds. The Hall–Kier alpha value is -4.38. The molecule has 0 aromatic carbocycles. The zero-order valence-corrected chi connectivity index (χ0v) is 21.3. The van der Waals surface area contributed by atoms with Crippen LogP contribution in [0.2, 0.25) is 0 Å². The zero-order valence-electron chi connectivity index (χ0n) is 20.5. The van der Waals surface area contributed by atoms with Gasteiger partial charge in [0.2, 0.25) is 11.9 Å². The molecular formula is C23H24N10O3S. The van der Waals surface area contributed by atoms with Gasteiger partial charge in [0.1, 0.15) is 23.4 Å². The Morgan fingerprint density at radius 1 is 1.30 bits per heavy atom. The van der Waals surface area contributed by atoms with Crippen LogP contribution in [-0.4, -0.2) is 52.1 Å². The molecule has 0 saturated carbocycles.